The normalized spacial score (nSPS) is 11.4. The highest BCUT2D eigenvalue weighted by atomic mass is 16.4. The Kier molecular flexibility index (Phi) is 7.67. The number of pyridine rings is 1. The van der Waals surface area contributed by atoms with Gasteiger partial charge in [0.2, 0.25) is 5.91 Å². The van der Waals surface area contributed by atoms with Gasteiger partial charge >= 0.3 is 5.97 Å². The van der Waals surface area contributed by atoms with Crippen LogP contribution in [0.1, 0.15) is 44.4 Å². The zero-order chi connectivity index (χ0) is 21.4. The molecule has 2 rings (SSSR count). The van der Waals surface area contributed by atoms with Crippen LogP contribution in [-0.4, -0.2) is 33.9 Å². The number of nitriles is 1. The molecule has 0 saturated carbocycles. The van der Waals surface area contributed by atoms with E-state index in [0.29, 0.717) is 23.4 Å². The van der Waals surface area contributed by atoms with E-state index in [2.05, 4.69) is 11.1 Å². The van der Waals surface area contributed by atoms with Crippen LogP contribution >= 0.6 is 0 Å². The summed E-state index contributed by atoms with van der Waals surface area (Å²) >= 11 is 0. The van der Waals surface area contributed by atoms with Gasteiger partial charge in [-0.15, -0.1) is 0 Å². The van der Waals surface area contributed by atoms with E-state index in [1.807, 2.05) is 25.1 Å². The third-order valence-corrected chi connectivity index (χ3v) is 4.79. The predicted molar refractivity (Wildman–Crippen MR) is 111 cm³/mol. The van der Waals surface area contributed by atoms with E-state index in [1.165, 1.54) is 11.8 Å². The van der Waals surface area contributed by atoms with Crippen LogP contribution in [0.3, 0.4) is 0 Å². The van der Waals surface area contributed by atoms with E-state index >= 15 is 0 Å². The van der Waals surface area contributed by atoms with Gasteiger partial charge in [0.1, 0.15) is 0 Å². The fraction of sp³-hybridized carbons (Fsp3) is 0.304. The highest BCUT2D eigenvalue weighted by Gasteiger charge is 2.20. The monoisotopic (exact) mass is 391 g/mol. The Morgan fingerprint density at radius 1 is 1.21 bits per heavy atom. The van der Waals surface area contributed by atoms with Crippen molar-refractivity contribution in [1.82, 2.24) is 9.88 Å². The fourth-order valence-electron chi connectivity index (χ4n) is 3.06. The molecule has 0 atom stereocenters. The van der Waals surface area contributed by atoms with Crippen molar-refractivity contribution in [2.75, 3.05) is 7.05 Å². The fourth-order valence-corrected chi connectivity index (χ4v) is 3.06. The van der Waals surface area contributed by atoms with Crippen LogP contribution in [0.2, 0.25) is 0 Å². The average molecular weight is 391 g/mol. The largest absolute Gasteiger partial charge is 0.478 e. The summed E-state index contributed by atoms with van der Waals surface area (Å²) in [6.07, 6.45) is 3.97. The molecule has 1 N–H and O–H groups in total. The lowest BCUT2D eigenvalue weighted by molar-refractivity contribution is -0.133. The number of carbonyl (C=O) groups excluding carboxylic acids is 1. The minimum Gasteiger partial charge on any atom is -0.478 e. The Morgan fingerprint density at radius 2 is 1.93 bits per heavy atom. The van der Waals surface area contributed by atoms with Crippen LogP contribution in [0.15, 0.2) is 53.9 Å². The first-order chi connectivity index (χ1) is 13.9. The van der Waals surface area contributed by atoms with E-state index in [9.17, 15) is 20.0 Å². The first-order valence-electron chi connectivity index (χ1n) is 9.53. The number of benzene rings is 1. The van der Waals surface area contributed by atoms with Crippen molar-refractivity contribution in [3.63, 3.8) is 0 Å². The number of hydrogen-bond acceptors (Lipinski definition) is 4. The van der Waals surface area contributed by atoms with Gasteiger partial charge in [-0.3, -0.25) is 9.78 Å². The summed E-state index contributed by atoms with van der Waals surface area (Å²) in [6, 6.07) is 13.0. The number of carboxylic acid groups (broad SMARTS) is 1. The lowest BCUT2D eigenvalue weighted by Gasteiger charge is -2.22. The Bertz CT molecular complexity index is 956. The molecule has 0 fully saturated rings. The number of allylic oxidation sites excluding steroid dienone is 1. The molecule has 0 bridgehead atoms. The lowest BCUT2D eigenvalue weighted by atomic mass is 10.00. The Hall–Kier alpha value is -3.46. The Labute approximate surface area is 171 Å². The number of aliphatic carboxylic acids is 1. The molecule has 1 aromatic heterocycles. The van der Waals surface area contributed by atoms with Crippen molar-refractivity contribution < 1.29 is 14.7 Å². The number of carboxylic acids is 1. The molecule has 29 heavy (non-hydrogen) atoms. The number of rotatable bonds is 8. The van der Waals surface area contributed by atoms with Crippen molar-refractivity contribution >= 4 is 11.9 Å². The van der Waals surface area contributed by atoms with Crippen LogP contribution in [0, 0.1) is 11.3 Å². The smallest absolute Gasteiger partial charge is 0.333 e. The molecule has 1 heterocycles. The van der Waals surface area contributed by atoms with Gasteiger partial charge in [0.15, 0.2) is 0 Å². The second-order valence-corrected chi connectivity index (χ2v) is 6.78. The molecule has 6 heteroatoms. The van der Waals surface area contributed by atoms with Crippen molar-refractivity contribution in [2.45, 2.75) is 39.5 Å². The highest BCUT2D eigenvalue weighted by Crippen LogP contribution is 2.24. The molecule has 1 amide bonds. The number of amides is 1. The van der Waals surface area contributed by atoms with Gasteiger partial charge in [-0.2, -0.15) is 5.26 Å². The number of carbonyl (C=O) groups is 2. The summed E-state index contributed by atoms with van der Waals surface area (Å²) in [5, 5.41) is 19.0. The second kappa shape index (κ2) is 10.2. The van der Waals surface area contributed by atoms with Crippen LogP contribution in [0.4, 0.5) is 0 Å². The van der Waals surface area contributed by atoms with E-state index < -0.39 is 5.97 Å². The highest BCUT2D eigenvalue weighted by molar-refractivity contribution is 5.89. The molecule has 6 nitrogen and oxygen atoms in total. The van der Waals surface area contributed by atoms with Crippen molar-refractivity contribution in [2.24, 2.45) is 0 Å². The van der Waals surface area contributed by atoms with Crippen molar-refractivity contribution in [3.8, 4) is 17.2 Å². The predicted octanol–water partition coefficient (Wildman–Crippen LogP) is 4.17. The van der Waals surface area contributed by atoms with Gasteiger partial charge < -0.3 is 10.0 Å². The summed E-state index contributed by atoms with van der Waals surface area (Å²) in [5.74, 6) is -1.25. The molecule has 1 aromatic carbocycles. The molecule has 150 valence electrons. The van der Waals surface area contributed by atoms with E-state index in [1.54, 1.807) is 31.4 Å². The number of unbranched alkanes of at least 4 members (excludes halogenated alkanes) is 1. The standard InChI is InChI=1S/C23H25N3O3/c1-4-5-10-22(26(3)16(2)27)21(23(28)29)13-19-12-11-18(15-25-19)20-9-7-6-8-17(20)14-24/h6-9,11-12,15H,4-5,10,13H2,1-3H3,(H,28,29). The van der Waals surface area contributed by atoms with Gasteiger partial charge in [0.25, 0.3) is 0 Å². The SMILES string of the molecule is CCCCC(=C(Cc1ccc(-c2ccccc2C#N)cn1)C(=O)O)N(C)C(C)=O. The number of aromatic nitrogens is 1. The molecule has 0 unspecified atom stereocenters. The zero-order valence-corrected chi connectivity index (χ0v) is 17.0. The topological polar surface area (TPSA) is 94.3 Å². The van der Waals surface area contributed by atoms with Gasteiger partial charge in [-0.05, 0) is 25.0 Å². The van der Waals surface area contributed by atoms with E-state index in [4.69, 9.17) is 0 Å². The van der Waals surface area contributed by atoms with Crippen LogP contribution in [-0.2, 0) is 16.0 Å². The molecule has 0 radical (unpaired) electrons. The summed E-state index contributed by atoms with van der Waals surface area (Å²) in [5.41, 5.74) is 3.41. The summed E-state index contributed by atoms with van der Waals surface area (Å²) in [6.45, 7) is 3.44. The van der Waals surface area contributed by atoms with Crippen molar-refractivity contribution in [3.05, 3.63) is 65.1 Å². The maximum atomic E-state index is 11.9. The van der Waals surface area contributed by atoms with Gasteiger partial charge in [0.05, 0.1) is 17.2 Å². The summed E-state index contributed by atoms with van der Waals surface area (Å²) in [4.78, 5) is 29.6. The zero-order valence-electron chi connectivity index (χ0n) is 17.0. The molecule has 0 aliphatic heterocycles. The quantitative estimate of drug-likeness (QED) is 0.682. The van der Waals surface area contributed by atoms with E-state index in [0.717, 1.165) is 24.0 Å². The van der Waals surface area contributed by atoms with E-state index in [-0.39, 0.29) is 17.9 Å². The molecular formula is C23H25N3O3. The molecule has 0 spiro atoms. The summed E-state index contributed by atoms with van der Waals surface area (Å²) in [7, 11) is 1.60. The molecule has 0 aliphatic rings. The van der Waals surface area contributed by atoms with Crippen LogP contribution in [0.25, 0.3) is 11.1 Å². The first kappa shape index (κ1) is 21.8. The molecule has 2 aromatic rings. The van der Waals surface area contributed by atoms with Crippen LogP contribution < -0.4 is 0 Å². The third kappa shape index (κ3) is 5.52. The first-order valence-corrected chi connectivity index (χ1v) is 9.53. The number of hydrogen-bond donors (Lipinski definition) is 1. The summed E-state index contributed by atoms with van der Waals surface area (Å²) < 4.78 is 0. The lowest BCUT2D eigenvalue weighted by Crippen LogP contribution is -2.27. The maximum absolute atomic E-state index is 11.9. The molecule has 0 saturated heterocycles. The Morgan fingerprint density at radius 3 is 2.48 bits per heavy atom. The van der Waals surface area contributed by atoms with Gasteiger partial charge in [-0.1, -0.05) is 37.6 Å². The van der Waals surface area contributed by atoms with Gasteiger partial charge in [-0.25, -0.2) is 4.79 Å². The second-order valence-electron chi connectivity index (χ2n) is 6.78. The van der Waals surface area contributed by atoms with Crippen LogP contribution in [0.5, 0.6) is 0 Å². The maximum Gasteiger partial charge on any atom is 0.333 e. The molecular weight excluding hydrogens is 366 g/mol. The Balaban J connectivity index is 2.38. The van der Waals surface area contributed by atoms with Gasteiger partial charge in [0, 0.05) is 49.1 Å². The third-order valence-electron chi connectivity index (χ3n) is 4.79. The van der Waals surface area contributed by atoms with Crippen molar-refractivity contribution in [1.29, 1.82) is 5.26 Å². The minimum absolute atomic E-state index is 0.117. The molecule has 0 aliphatic carbocycles. The average Bonchev–Trinajstić information content (AvgIpc) is 2.73. The minimum atomic E-state index is -1.05. The number of nitrogens with zero attached hydrogens (tertiary/aromatic N) is 3.